The fourth-order valence-corrected chi connectivity index (χ4v) is 4.01. The largest absolute Gasteiger partial charge is 0.305 e. The summed E-state index contributed by atoms with van der Waals surface area (Å²) in [4.78, 5) is 17.5. The van der Waals surface area contributed by atoms with Gasteiger partial charge in [0.1, 0.15) is 0 Å². The van der Waals surface area contributed by atoms with E-state index < -0.39 is 0 Å². The number of hydrogen-bond donors (Lipinski definition) is 0. The summed E-state index contributed by atoms with van der Waals surface area (Å²) in [6, 6.07) is 12.3. The van der Waals surface area contributed by atoms with Crippen LogP contribution in [0.25, 0.3) is 10.2 Å². The Morgan fingerprint density at radius 2 is 1.88 bits per heavy atom. The highest BCUT2D eigenvalue weighted by atomic mass is 32.1. The number of aromatic nitrogens is 1. The highest BCUT2D eigenvalue weighted by Gasteiger charge is 2.09. The van der Waals surface area contributed by atoms with Gasteiger partial charge < -0.3 is 4.57 Å². The van der Waals surface area contributed by atoms with E-state index in [-0.39, 0.29) is 5.91 Å². The van der Waals surface area contributed by atoms with Crippen LogP contribution in [0, 0.1) is 33.1 Å². The molecule has 1 heterocycles. The number of aryl methyl sites for hydroxylation is 3. The van der Waals surface area contributed by atoms with E-state index >= 15 is 0 Å². The predicted molar refractivity (Wildman–Crippen MR) is 104 cm³/mol. The molecule has 3 rings (SSSR count). The molecule has 0 saturated heterocycles. The summed E-state index contributed by atoms with van der Waals surface area (Å²) in [5, 5.41) is 0. The van der Waals surface area contributed by atoms with Gasteiger partial charge in [0.2, 0.25) is 0 Å². The average molecular weight is 348 g/mol. The second kappa shape index (κ2) is 7.08. The average Bonchev–Trinajstić information content (AvgIpc) is 2.87. The Morgan fingerprint density at radius 1 is 1.16 bits per heavy atom. The zero-order valence-corrected chi connectivity index (χ0v) is 15.5. The highest BCUT2D eigenvalue weighted by molar-refractivity contribution is 7.16. The third-order valence-electron chi connectivity index (χ3n) is 4.15. The van der Waals surface area contributed by atoms with Crippen molar-refractivity contribution in [2.24, 2.45) is 4.99 Å². The van der Waals surface area contributed by atoms with Gasteiger partial charge in [-0.15, -0.1) is 6.42 Å². The van der Waals surface area contributed by atoms with Gasteiger partial charge in [-0.3, -0.25) is 4.79 Å². The van der Waals surface area contributed by atoms with Crippen molar-refractivity contribution in [2.75, 3.05) is 0 Å². The lowest BCUT2D eigenvalue weighted by Gasteiger charge is -2.04. The molecule has 1 amide bonds. The van der Waals surface area contributed by atoms with Crippen LogP contribution >= 0.6 is 11.3 Å². The van der Waals surface area contributed by atoms with Gasteiger partial charge in [-0.2, -0.15) is 4.99 Å². The number of hydrogen-bond acceptors (Lipinski definition) is 2. The molecule has 0 atom stereocenters. The summed E-state index contributed by atoms with van der Waals surface area (Å²) in [7, 11) is 0. The van der Waals surface area contributed by atoms with Gasteiger partial charge in [0.05, 0.1) is 23.2 Å². The minimum absolute atomic E-state index is 0.152. The molecule has 0 radical (unpaired) electrons. The van der Waals surface area contributed by atoms with Crippen LogP contribution in [0.1, 0.15) is 22.3 Å². The van der Waals surface area contributed by atoms with Crippen molar-refractivity contribution >= 4 is 27.5 Å². The Labute approximate surface area is 151 Å². The van der Waals surface area contributed by atoms with Crippen LogP contribution in [-0.2, 0) is 17.8 Å². The van der Waals surface area contributed by atoms with Crippen LogP contribution in [0.2, 0.25) is 0 Å². The van der Waals surface area contributed by atoms with E-state index in [1.165, 1.54) is 22.5 Å². The molecular weight excluding hydrogens is 328 g/mol. The summed E-state index contributed by atoms with van der Waals surface area (Å²) in [6.45, 7) is 6.52. The topological polar surface area (TPSA) is 34.4 Å². The third kappa shape index (κ3) is 3.72. The number of fused-ring (bicyclic) bond motifs is 1. The molecule has 0 bridgehead atoms. The second-order valence-corrected chi connectivity index (χ2v) is 7.27. The lowest BCUT2D eigenvalue weighted by atomic mass is 10.0. The molecule has 0 saturated carbocycles. The maximum atomic E-state index is 12.5. The number of thiazole rings is 1. The van der Waals surface area contributed by atoms with E-state index in [0.717, 1.165) is 21.3 Å². The molecule has 3 aromatic rings. The van der Waals surface area contributed by atoms with Crippen molar-refractivity contribution in [3.8, 4) is 12.3 Å². The zero-order chi connectivity index (χ0) is 18.0. The molecule has 0 aliphatic heterocycles. The molecule has 2 aromatic carbocycles. The van der Waals surface area contributed by atoms with Gasteiger partial charge >= 0.3 is 0 Å². The SMILES string of the molecule is C#CCn1c(=NC(=O)Cc2ccc(C)cc2C)sc2cc(C)ccc21. The van der Waals surface area contributed by atoms with Gasteiger partial charge in [0.25, 0.3) is 5.91 Å². The molecule has 0 N–H and O–H groups in total. The molecule has 0 unspecified atom stereocenters. The van der Waals surface area contributed by atoms with Crippen LogP contribution in [0.5, 0.6) is 0 Å². The lowest BCUT2D eigenvalue weighted by Crippen LogP contribution is -2.17. The highest BCUT2D eigenvalue weighted by Crippen LogP contribution is 2.19. The Kier molecular flexibility index (Phi) is 4.87. The fourth-order valence-electron chi connectivity index (χ4n) is 2.86. The summed E-state index contributed by atoms with van der Waals surface area (Å²) in [5.74, 6) is 2.50. The minimum atomic E-state index is -0.152. The molecule has 0 aliphatic rings. The summed E-state index contributed by atoms with van der Waals surface area (Å²) >= 11 is 1.50. The first-order valence-corrected chi connectivity index (χ1v) is 8.96. The molecule has 0 fully saturated rings. The summed E-state index contributed by atoms with van der Waals surface area (Å²) in [6.07, 6.45) is 5.81. The fraction of sp³-hybridized carbons (Fsp3) is 0.238. The minimum Gasteiger partial charge on any atom is -0.305 e. The Balaban J connectivity index is 2.01. The van der Waals surface area contributed by atoms with Gasteiger partial charge in [-0.25, -0.2) is 0 Å². The van der Waals surface area contributed by atoms with Crippen molar-refractivity contribution in [1.29, 1.82) is 0 Å². The number of rotatable bonds is 3. The normalized spacial score (nSPS) is 11.7. The van der Waals surface area contributed by atoms with E-state index in [1.807, 2.05) is 49.6 Å². The standard InChI is InChI=1S/C21H20N2OS/c1-5-10-23-18-9-7-15(3)12-19(18)25-21(23)22-20(24)13-17-8-6-14(2)11-16(17)4/h1,6-9,11-12H,10,13H2,2-4H3. The first-order chi connectivity index (χ1) is 12.0. The number of carbonyl (C=O) groups excluding carboxylic acids is 1. The molecule has 126 valence electrons. The van der Waals surface area contributed by atoms with Crippen molar-refractivity contribution < 1.29 is 4.79 Å². The monoisotopic (exact) mass is 348 g/mol. The molecular formula is C21H20N2OS. The maximum Gasteiger partial charge on any atom is 0.252 e. The van der Waals surface area contributed by atoms with E-state index in [2.05, 4.69) is 23.0 Å². The molecule has 1 aromatic heterocycles. The zero-order valence-electron chi connectivity index (χ0n) is 14.7. The molecule has 0 aliphatic carbocycles. The van der Waals surface area contributed by atoms with Crippen molar-refractivity contribution in [1.82, 2.24) is 4.57 Å². The van der Waals surface area contributed by atoms with Crippen LogP contribution < -0.4 is 4.80 Å². The second-order valence-electron chi connectivity index (χ2n) is 6.26. The predicted octanol–water partition coefficient (Wildman–Crippen LogP) is 3.93. The van der Waals surface area contributed by atoms with Crippen LogP contribution in [-0.4, -0.2) is 10.5 Å². The first kappa shape index (κ1) is 17.2. The Bertz CT molecular complexity index is 1060. The molecule has 25 heavy (non-hydrogen) atoms. The number of nitrogens with zero attached hydrogens (tertiary/aromatic N) is 2. The van der Waals surface area contributed by atoms with Crippen molar-refractivity contribution in [3.05, 3.63) is 63.5 Å². The first-order valence-electron chi connectivity index (χ1n) is 8.15. The van der Waals surface area contributed by atoms with Crippen molar-refractivity contribution in [3.63, 3.8) is 0 Å². The van der Waals surface area contributed by atoms with Crippen molar-refractivity contribution in [2.45, 2.75) is 33.7 Å². The van der Waals surface area contributed by atoms with Crippen LogP contribution in [0.3, 0.4) is 0 Å². The van der Waals surface area contributed by atoms with Gasteiger partial charge in [-0.05, 0) is 49.6 Å². The van der Waals surface area contributed by atoms with E-state index in [4.69, 9.17) is 6.42 Å². The van der Waals surface area contributed by atoms with Gasteiger partial charge in [-0.1, -0.05) is 47.1 Å². The number of terminal acetylenes is 1. The quantitative estimate of drug-likeness (QED) is 0.660. The van der Waals surface area contributed by atoms with E-state index in [9.17, 15) is 4.79 Å². The van der Waals surface area contributed by atoms with Crippen LogP contribution in [0.4, 0.5) is 0 Å². The van der Waals surface area contributed by atoms with E-state index in [0.29, 0.717) is 17.8 Å². The van der Waals surface area contributed by atoms with E-state index in [1.54, 1.807) is 0 Å². The summed E-state index contributed by atoms with van der Waals surface area (Å²) in [5.41, 5.74) is 5.52. The Morgan fingerprint density at radius 3 is 2.60 bits per heavy atom. The molecule has 3 nitrogen and oxygen atoms in total. The number of carbonyl (C=O) groups is 1. The lowest BCUT2D eigenvalue weighted by molar-refractivity contribution is -0.117. The molecule has 4 heteroatoms. The number of amides is 1. The number of benzene rings is 2. The maximum absolute atomic E-state index is 12.5. The molecule has 0 spiro atoms. The van der Waals surface area contributed by atoms with Gasteiger partial charge in [0, 0.05) is 0 Å². The van der Waals surface area contributed by atoms with Crippen LogP contribution in [0.15, 0.2) is 41.4 Å². The smallest absolute Gasteiger partial charge is 0.252 e. The van der Waals surface area contributed by atoms with Gasteiger partial charge in [0.15, 0.2) is 4.80 Å². The summed E-state index contributed by atoms with van der Waals surface area (Å²) < 4.78 is 3.02. The Hall–Kier alpha value is -2.64. The third-order valence-corrected chi connectivity index (χ3v) is 5.19.